The Bertz CT molecular complexity index is 331. The molecular weight excluding hydrogens is 172 g/mol. The van der Waals surface area contributed by atoms with Gasteiger partial charge in [-0.15, -0.1) is 0 Å². The monoisotopic (exact) mass is 190 g/mol. The molecule has 0 saturated carbocycles. The lowest BCUT2D eigenvalue weighted by Crippen LogP contribution is -2.24. The lowest BCUT2D eigenvalue weighted by Gasteiger charge is -2.31. The van der Waals surface area contributed by atoms with Crippen molar-refractivity contribution in [3.63, 3.8) is 0 Å². The second-order valence-electron chi connectivity index (χ2n) is 4.29. The van der Waals surface area contributed by atoms with Crippen LogP contribution in [0.25, 0.3) is 0 Å². The number of rotatable bonds is 1. The SMILES string of the molecule is CN(C)C1CCCc2c(N)cccc21. The minimum absolute atomic E-state index is 0.558. The summed E-state index contributed by atoms with van der Waals surface area (Å²) in [6.45, 7) is 0. The molecule has 1 aromatic rings. The van der Waals surface area contributed by atoms with Gasteiger partial charge in [0.05, 0.1) is 0 Å². The van der Waals surface area contributed by atoms with E-state index in [9.17, 15) is 0 Å². The minimum atomic E-state index is 0.558. The molecule has 0 radical (unpaired) electrons. The molecule has 0 aliphatic heterocycles. The highest BCUT2D eigenvalue weighted by Crippen LogP contribution is 2.35. The first-order valence-corrected chi connectivity index (χ1v) is 5.24. The van der Waals surface area contributed by atoms with Crippen molar-refractivity contribution in [3.05, 3.63) is 29.3 Å². The second kappa shape index (κ2) is 3.62. The quantitative estimate of drug-likeness (QED) is 0.688. The summed E-state index contributed by atoms with van der Waals surface area (Å²) in [7, 11) is 4.28. The van der Waals surface area contributed by atoms with Crippen molar-refractivity contribution in [1.29, 1.82) is 0 Å². The van der Waals surface area contributed by atoms with Crippen molar-refractivity contribution < 1.29 is 0 Å². The first kappa shape index (κ1) is 9.53. The second-order valence-corrected chi connectivity index (χ2v) is 4.29. The molecular formula is C12H18N2. The molecule has 1 atom stereocenters. The minimum Gasteiger partial charge on any atom is -0.398 e. The van der Waals surface area contributed by atoms with Gasteiger partial charge in [0.1, 0.15) is 0 Å². The highest BCUT2D eigenvalue weighted by atomic mass is 15.1. The molecule has 1 aromatic carbocycles. The summed E-state index contributed by atoms with van der Waals surface area (Å²) in [5.74, 6) is 0. The van der Waals surface area contributed by atoms with Gasteiger partial charge in [-0.2, -0.15) is 0 Å². The predicted molar refractivity (Wildman–Crippen MR) is 60.2 cm³/mol. The van der Waals surface area contributed by atoms with Crippen LogP contribution in [0.4, 0.5) is 5.69 Å². The average Bonchev–Trinajstić information content (AvgIpc) is 2.17. The Morgan fingerprint density at radius 2 is 2.14 bits per heavy atom. The summed E-state index contributed by atoms with van der Waals surface area (Å²) in [4.78, 5) is 2.29. The van der Waals surface area contributed by atoms with Crippen LogP contribution >= 0.6 is 0 Å². The fourth-order valence-electron chi connectivity index (χ4n) is 2.39. The van der Waals surface area contributed by atoms with Gasteiger partial charge < -0.3 is 10.6 Å². The molecule has 2 rings (SSSR count). The van der Waals surface area contributed by atoms with Gasteiger partial charge >= 0.3 is 0 Å². The lowest BCUT2D eigenvalue weighted by molar-refractivity contribution is 0.268. The largest absolute Gasteiger partial charge is 0.398 e. The Morgan fingerprint density at radius 1 is 1.36 bits per heavy atom. The highest BCUT2D eigenvalue weighted by Gasteiger charge is 2.22. The van der Waals surface area contributed by atoms with Crippen LogP contribution in [0, 0.1) is 0 Å². The highest BCUT2D eigenvalue weighted by molar-refractivity contribution is 5.52. The molecule has 14 heavy (non-hydrogen) atoms. The number of hydrogen-bond acceptors (Lipinski definition) is 2. The Morgan fingerprint density at radius 3 is 2.86 bits per heavy atom. The van der Waals surface area contributed by atoms with Crippen molar-refractivity contribution in [2.75, 3.05) is 19.8 Å². The number of fused-ring (bicyclic) bond motifs is 1. The van der Waals surface area contributed by atoms with Crippen molar-refractivity contribution in [2.45, 2.75) is 25.3 Å². The van der Waals surface area contributed by atoms with Gasteiger partial charge in [0.15, 0.2) is 0 Å². The molecule has 76 valence electrons. The molecule has 0 amide bonds. The molecule has 1 unspecified atom stereocenters. The normalized spacial score (nSPS) is 20.9. The fourth-order valence-corrected chi connectivity index (χ4v) is 2.39. The lowest BCUT2D eigenvalue weighted by atomic mass is 9.86. The first-order chi connectivity index (χ1) is 6.70. The summed E-state index contributed by atoms with van der Waals surface area (Å²) in [5.41, 5.74) is 9.76. The molecule has 0 heterocycles. The fraction of sp³-hybridized carbons (Fsp3) is 0.500. The molecule has 0 aromatic heterocycles. The molecule has 0 bridgehead atoms. The van der Waals surface area contributed by atoms with E-state index in [1.54, 1.807) is 0 Å². The summed E-state index contributed by atoms with van der Waals surface area (Å²) in [6.07, 6.45) is 3.65. The van der Waals surface area contributed by atoms with Crippen LogP contribution in [0.1, 0.15) is 30.0 Å². The number of anilines is 1. The van der Waals surface area contributed by atoms with Gasteiger partial charge in [0.2, 0.25) is 0 Å². The molecule has 2 heteroatoms. The topological polar surface area (TPSA) is 29.3 Å². The third kappa shape index (κ3) is 1.50. The van der Waals surface area contributed by atoms with E-state index in [4.69, 9.17) is 5.73 Å². The zero-order chi connectivity index (χ0) is 10.1. The van der Waals surface area contributed by atoms with Gasteiger partial charge in [-0.25, -0.2) is 0 Å². The van der Waals surface area contributed by atoms with E-state index in [1.807, 2.05) is 6.07 Å². The van der Waals surface area contributed by atoms with E-state index in [2.05, 4.69) is 31.1 Å². The van der Waals surface area contributed by atoms with Crippen LogP contribution < -0.4 is 5.73 Å². The van der Waals surface area contributed by atoms with Crippen LogP contribution in [0.3, 0.4) is 0 Å². The van der Waals surface area contributed by atoms with Gasteiger partial charge in [0, 0.05) is 11.7 Å². The van der Waals surface area contributed by atoms with Gasteiger partial charge in [-0.1, -0.05) is 12.1 Å². The van der Waals surface area contributed by atoms with Gasteiger partial charge in [-0.3, -0.25) is 0 Å². The van der Waals surface area contributed by atoms with Gasteiger partial charge in [-0.05, 0) is 50.6 Å². The van der Waals surface area contributed by atoms with E-state index >= 15 is 0 Å². The molecule has 0 spiro atoms. The van der Waals surface area contributed by atoms with Crippen molar-refractivity contribution in [1.82, 2.24) is 4.90 Å². The van der Waals surface area contributed by atoms with E-state index in [-0.39, 0.29) is 0 Å². The number of hydrogen-bond donors (Lipinski definition) is 1. The van der Waals surface area contributed by atoms with Crippen molar-refractivity contribution in [3.8, 4) is 0 Å². The summed E-state index contributed by atoms with van der Waals surface area (Å²) in [5, 5.41) is 0. The molecule has 1 aliphatic rings. The first-order valence-electron chi connectivity index (χ1n) is 5.24. The van der Waals surface area contributed by atoms with E-state index in [1.165, 1.54) is 24.0 Å². The smallest absolute Gasteiger partial charge is 0.0349 e. The Kier molecular flexibility index (Phi) is 2.46. The van der Waals surface area contributed by atoms with Crippen LogP contribution in [-0.2, 0) is 6.42 Å². The summed E-state index contributed by atoms with van der Waals surface area (Å²) in [6, 6.07) is 6.85. The number of nitrogens with two attached hydrogens (primary N) is 1. The van der Waals surface area contributed by atoms with Crippen molar-refractivity contribution in [2.24, 2.45) is 0 Å². The number of benzene rings is 1. The van der Waals surface area contributed by atoms with E-state index in [0.29, 0.717) is 6.04 Å². The number of nitrogen functional groups attached to an aromatic ring is 1. The molecule has 1 aliphatic carbocycles. The maximum Gasteiger partial charge on any atom is 0.0349 e. The van der Waals surface area contributed by atoms with E-state index < -0.39 is 0 Å². The third-order valence-electron chi connectivity index (χ3n) is 3.14. The Hall–Kier alpha value is -1.02. The zero-order valence-electron chi connectivity index (χ0n) is 8.96. The van der Waals surface area contributed by atoms with Crippen LogP contribution in [0.5, 0.6) is 0 Å². The Labute approximate surface area is 85.7 Å². The maximum absolute atomic E-state index is 5.99. The average molecular weight is 190 g/mol. The van der Waals surface area contributed by atoms with Gasteiger partial charge in [0.25, 0.3) is 0 Å². The summed E-state index contributed by atoms with van der Waals surface area (Å²) < 4.78 is 0. The Balaban J connectivity index is 2.44. The van der Waals surface area contributed by atoms with E-state index in [0.717, 1.165) is 12.1 Å². The third-order valence-corrected chi connectivity index (χ3v) is 3.14. The molecule has 2 nitrogen and oxygen atoms in total. The maximum atomic E-state index is 5.99. The van der Waals surface area contributed by atoms with Crippen molar-refractivity contribution >= 4 is 5.69 Å². The molecule has 2 N–H and O–H groups in total. The number of nitrogens with zero attached hydrogens (tertiary/aromatic N) is 1. The summed E-state index contributed by atoms with van der Waals surface area (Å²) >= 11 is 0. The van der Waals surface area contributed by atoms with Crippen LogP contribution in [0.2, 0.25) is 0 Å². The van der Waals surface area contributed by atoms with Crippen LogP contribution in [-0.4, -0.2) is 19.0 Å². The standard InChI is InChI=1S/C12H18N2/c1-14(2)12-8-4-5-9-10(12)6-3-7-11(9)13/h3,6-7,12H,4-5,8,13H2,1-2H3. The molecule has 0 fully saturated rings. The molecule has 0 saturated heterocycles. The predicted octanol–water partition coefficient (Wildman–Crippen LogP) is 2.21. The zero-order valence-corrected chi connectivity index (χ0v) is 8.96. The van der Waals surface area contributed by atoms with Crippen LogP contribution in [0.15, 0.2) is 18.2 Å².